The molecule has 1 aliphatic heterocycles. The van der Waals surface area contributed by atoms with Crippen molar-refractivity contribution in [1.29, 1.82) is 0 Å². The Morgan fingerprint density at radius 2 is 1.02 bits per heavy atom. The Kier molecular flexibility index (Phi) is 7.00. The number of hydrogen-bond donors (Lipinski definition) is 1. The van der Waals surface area contributed by atoms with Crippen LogP contribution in [0.15, 0.2) is 170 Å². The van der Waals surface area contributed by atoms with Crippen molar-refractivity contribution < 1.29 is 0 Å². The number of allylic oxidation sites excluding steroid dienone is 2. The Balaban J connectivity index is 1.09. The summed E-state index contributed by atoms with van der Waals surface area (Å²) in [5, 5.41) is 3.41. The van der Waals surface area contributed by atoms with E-state index >= 15 is 0 Å². The lowest BCUT2D eigenvalue weighted by Crippen LogP contribution is -2.25. The van der Waals surface area contributed by atoms with Crippen LogP contribution in [-0.4, -0.2) is 36.4 Å². The van der Waals surface area contributed by atoms with E-state index in [2.05, 4.69) is 126 Å². The van der Waals surface area contributed by atoms with Crippen molar-refractivity contribution in [3.63, 3.8) is 0 Å². The maximum Gasteiger partial charge on any atom is 0.182 e. The van der Waals surface area contributed by atoms with Crippen LogP contribution < -0.4 is 5.32 Å². The monoisotopic (exact) mass is 705 g/mol. The highest BCUT2D eigenvalue weighted by molar-refractivity contribution is 5.95. The minimum absolute atomic E-state index is 0.468. The second-order valence-electron chi connectivity index (χ2n) is 13.9. The van der Waals surface area contributed by atoms with Crippen LogP contribution >= 0.6 is 0 Å². The highest BCUT2D eigenvalue weighted by Gasteiger charge is 2.51. The van der Waals surface area contributed by atoms with Gasteiger partial charge in [0.05, 0.1) is 11.1 Å². The normalized spacial score (nSPS) is 14.1. The molecule has 7 heteroatoms. The van der Waals surface area contributed by atoms with E-state index in [4.69, 9.17) is 24.9 Å². The average molecular weight is 706 g/mol. The molecule has 7 nitrogen and oxygen atoms in total. The van der Waals surface area contributed by atoms with Crippen LogP contribution in [0.5, 0.6) is 0 Å². The molecule has 2 aliphatic carbocycles. The molecule has 4 aromatic carbocycles. The third-order valence-corrected chi connectivity index (χ3v) is 11.0. The molecule has 1 spiro atoms. The number of dihydropyridines is 1. The zero-order valence-corrected chi connectivity index (χ0v) is 29.6. The summed E-state index contributed by atoms with van der Waals surface area (Å²) in [6.07, 6.45) is 11.7. The minimum atomic E-state index is -0.481. The number of pyridine rings is 3. The Hall–Kier alpha value is -7.38. The fourth-order valence-electron chi connectivity index (χ4n) is 8.52. The van der Waals surface area contributed by atoms with Crippen LogP contribution in [0.2, 0.25) is 0 Å². The van der Waals surface area contributed by atoms with Crippen LogP contribution in [0.4, 0.5) is 0 Å². The summed E-state index contributed by atoms with van der Waals surface area (Å²) >= 11 is 0. The van der Waals surface area contributed by atoms with Gasteiger partial charge in [-0.05, 0) is 93.0 Å². The van der Waals surface area contributed by atoms with Crippen molar-refractivity contribution in [3.8, 4) is 67.9 Å². The smallest absolute Gasteiger partial charge is 0.182 e. The summed E-state index contributed by atoms with van der Waals surface area (Å²) < 4.78 is 0. The van der Waals surface area contributed by atoms with E-state index in [-0.39, 0.29) is 0 Å². The summed E-state index contributed by atoms with van der Waals surface area (Å²) in [5.74, 6) is 1.50. The largest absolute Gasteiger partial charge is 0.381 e. The lowest BCUT2D eigenvalue weighted by atomic mass is 9.70. The van der Waals surface area contributed by atoms with Gasteiger partial charge in [0, 0.05) is 47.5 Å². The van der Waals surface area contributed by atoms with Gasteiger partial charge in [0.15, 0.2) is 17.5 Å². The predicted octanol–water partition coefficient (Wildman–Crippen LogP) is 9.57. The van der Waals surface area contributed by atoms with Gasteiger partial charge in [-0.3, -0.25) is 15.0 Å². The molecule has 0 atom stereocenters. The molecule has 11 rings (SSSR count). The fourth-order valence-corrected chi connectivity index (χ4v) is 8.52. The van der Waals surface area contributed by atoms with Gasteiger partial charge < -0.3 is 5.32 Å². The highest BCUT2D eigenvalue weighted by atomic mass is 15.1. The molecule has 0 amide bonds. The third-order valence-electron chi connectivity index (χ3n) is 11.0. The van der Waals surface area contributed by atoms with Crippen LogP contribution in [0.25, 0.3) is 73.6 Å². The molecule has 258 valence electrons. The number of benzene rings is 4. The Bertz CT molecular complexity index is 2800. The summed E-state index contributed by atoms with van der Waals surface area (Å²) in [6.45, 7) is 0.782. The van der Waals surface area contributed by atoms with Crippen LogP contribution in [0.3, 0.4) is 0 Å². The maximum absolute atomic E-state index is 5.12. The molecular weight excluding hydrogens is 675 g/mol. The number of nitrogens with zero attached hydrogens (tertiary/aromatic N) is 6. The van der Waals surface area contributed by atoms with Crippen molar-refractivity contribution >= 4 is 5.70 Å². The van der Waals surface area contributed by atoms with Gasteiger partial charge in [0.25, 0.3) is 0 Å². The molecule has 0 bridgehead atoms. The standard InChI is InChI=1S/C48H31N7/c1-4-14-37-33(11-1)34-12-2-5-15-38(34)48(37)39-16-6-3-13-35(39)36-22-19-30(27-40(36)48)45-53-46(43-23-20-31(28-51-43)41-17-7-9-25-49-41)55-47(54-45)44-24-21-32(29-52-44)42-18-8-10-26-50-42/h1-25,27-29,50H,26H2. The van der Waals surface area contributed by atoms with Crippen LogP contribution in [0, 0.1) is 0 Å². The van der Waals surface area contributed by atoms with E-state index in [1.165, 1.54) is 44.5 Å². The van der Waals surface area contributed by atoms with Crippen molar-refractivity contribution in [2.24, 2.45) is 0 Å². The van der Waals surface area contributed by atoms with Gasteiger partial charge in [-0.25, -0.2) is 15.0 Å². The van der Waals surface area contributed by atoms with Gasteiger partial charge >= 0.3 is 0 Å². The first-order valence-electron chi connectivity index (χ1n) is 18.4. The summed E-state index contributed by atoms with van der Waals surface area (Å²) in [6, 6.07) is 47.0. The first-order chi connectivity index (χ1) is 27.3. The molecule has 5 heterocycles. The number of aromatic nitrogens is 6. The topological polar surface area (TPSA) is 89.4 Å². The Morgan fingerprint density at radius 3 is 1.58 bits per heavy atom. The lowest BCUT2D eigenvalue weighted by Gasteiger charge is -2.30. The van der Waals surface area contributed by atoms with E-state index in [9.17, 15) is 0 Å². The van der Waals surface area contributed by atoms with Gasteiger partial charge in [-0.1, -0.05) is 103 Å². The number of rotatable bonds is 5. The summed E-state index contributed by atoms with van der Waals surface area (Å²) in [5.41, 5.74) is 15.5. The molecule has 1 N–H and O–H groups in total. The molecule has 0 fully saturated rings. The fraction of sp³-hybridized carbons (Fsp3) is 0.0417. The number of nitrogens with one attached hydrogen (secondary N) is 1. The zero-order valence-electron chi connectivity index (χ0n) is 29.6. The third kappa shape index (κ3) is 4.83. The van der Waals surface area contributed by atoms with Gasteiger partial charge in [0.2, 0.25) is 0 Å². The lowest BCUT2D eigenvalue weighted by molar-refractivity contribution is 0.794. The van der Waals surface area contributed by atoms with E-state index in [1.54, 1.807) is 6.20 Å². The second-order valence-corrected chi connectivity index (χ2v) is 13.9. The van der Waals surface area contributed by atoms with Crippen molar-refractivity contribution in [3.05, 3.63) is 198 Å². The first-order valence-corrected chi connectivity index (χ1v) is 18.4. The maximum atomic E-state index is 5.12. The van der Waals surface area contributed by atoms with Crippen molar-refractivity contribution in [2.45, 2.75) is 5.41 Å². The van der Waals surface area contributed by atoms with Crippen LogP contribution in [-0.2, 0) is 5.41 Å². The molecule has 3 aliphatic rings. The SMILES string of the molecule is C1=CCNC(c2ccc(-c3nc(-c4ccc5c(c4)C4(c6ccccc6-c6ccccc64)c4ccccc4-5)nc(-c4ccc(-c5ccccn5)cn4)n3)nc2)=C1. The molecule has 8 aromatic rings. The van der Waals surface area contributed by atoms with Gasteiger partial charge in [-0.2, -0.15) is 0 Å². The van der Waals surface area contributed by atoms with Crippen LogP contribution in [0.1, 0.15) is 27.8 Å². The molecule has 0 saturated carbocycles. The highest BCUT2D eigenvalue weighted by Crippen LogP contribution is 2.62. The first kappa shape index (κ1) is 31.2. The minimum Gasteiger partial charge on any atom is -0.381 e. The molecule has 0 unspecified atom stereocenters. The van der Waals surface area contributed by atoms with Crippen molar-refractivity contribution in [2.75, 3.05) is 6.54 Å². The molecule has 0 radical (unpaired) electrons. The van der Waals surface area contributed by atoms with E-state index in [0.29, 0.717) is 28.9 Å². The Morgan fingerprint density at radius 1 is 0.455 bits per heavy atom. The molecule has 4 aromatic heterocycles. The molecule has 0 saturated heterocycles. The van der Waals surface area contributed by atoms with Gasteiger partial charge in [0.1, 0.15) is 11.4 Å². The second kappa shape index (κ2) is 12.4. The predicted molar refractivity (Wildman–Crippen MR) is 216 cm³/mol. The van der Waals surface area contributed by atoms with Gasteiger partial charge in [-0.15, -0.1) is 0 Å². The summed E-state index contributed by atoms with van der Waals surface area (Å²) in [7, 11) is 0. The van der Waals surface area contributed by atoms with Crippen molar-refractivity contribution in [1.82, 2.24) is 35.2 Å². The zero-order chi connectivity index (χ0) is 36.3. The average Bonchev–Trinajstić information content (AvgIpc) is 3.74. The van der Waals surface area contributed by atoms with E-state index in [0.717, 1.165) is 34.6 Å². The van der Waals surface area contributed by atoms with E-state index in [1.807, 2.05) is 48.8 Å². The molecular formula is C48H31N7. The quantitative estimate of drug-likeness (QED) is 0.191. The number of hydrogen-bond acceptors (Lipinski definition) is 7. The summed E-state index contributed by atoms with van der Waals surface area (Å²) in [4.78, 5) is 29.4. The Labute approximate surface area is 317 Å². The molecule has 55 heavy (non-hydrogen) atoms. The number of fused-ring (bicyclic) bond motifs is 10. The van der Waals surface area contributed by atoms with E-state index < -0.39 is 5.41 Å².